The molecule has 1 saturated heterocycles. The molecule has 250 valence electrons. The number of benzene rings is 4. The summed E-state index contributed by atoms with van der Waals surface area (Å²) in [6.07, 6.45) is -1.47. The molecule has 4 aromatic rings. The van der Waals surface area contributed by atoms with Crippen LogP contribution in [0.5, 0.6) is 0 Å². The van der Waals surface area contributed by atoms with Crippen LogP contribution in [0.3, 0.4) is 0 Å². The molecule has 1 fully saturated rings. The van der Waals surface area contributed by atoms with Crippen molar-refractivity contribution in [2.45, 2.75) is 37.2 Å². The van der Waals surface area contributed by atoms with Crippen molar-refractivity contribution in [3.8, 4) is 0 Å². The third-order valence-electron chi connectivity index (χ3n) is 7.91. The minimum absolute atomic E-state index is 0.0303. The number of aliphatic imine (C=N–C) groups is 1. The number of imide groups is 1. The second-order valence-corrected chi connectivity index (χ2v) is 13.3. The highest BCUT2D eigenvalue weighted by Gasteiger charge is 2.54. The summed E-state index contributed by atoms with van der Waals surface area (Å²) in [4.78, 5) is 62.4. The monoisotopic (exact) mass is 699 g/mol. The van der Waals surface area contributed by atoms with Crippen LogP contribution in [0.15, 0.2) is 119 Å². The van der Waals surface area contributed by atoms with E-state index in [0.29, 0.717) is 16.0 Å². The first-order valence-electron chi connectivity index (χ1n) is 15.2. The average molecular weight is 700 g/mol. The van der Waals surface area contributed by atoms with Crippen LogP contribution >= 0.6 is 11.6 Å². The Kier molecular flexibility index (Phi) is 9.58. The average Bonchev–Trinajstić information content (AvgIpc) is 3.28. The van der Waals surface area contributed by atoms with Gasteiger partial charge in [-0.1, -0.05) is 96.5 Å². The predicted molar refractivity (Wildman–Crippen MR) is 181 cm³/mol. The number of amidine groups is 1. The zero-order chi connectivity index (χ0) is 34.7. The van der Waals surface area contributed by atoms with Crippen LogP contribution in [0.1, 0.15) is 28.4 Å². The van der Waals surface area contributed by atoms with Gasteiger partial charge in [-0.2, -0.15) is 4.99 Å². The summed E-state index contributed by atoms with van der Waals surface area (Å²) in [6.45, 7) is 1.21. The number of hydrogen-bond donors (Lipinski definition) is 1. The van der Waals surface area contributed by atoms with Crippen LogP contribution in [0, 0.1) is 0 Å². The van der Waals surface area contributed by atoms with Crippen molar-refractivity contribution < 1.29 is 32.3 Å². The smallest absolute Gasteiger partial charge is 0.330 e. The van der Waals surface area contributed by atoms with Crippen molar-refractivity contribution in [2.75, 3.05) is 11.9 Å². The van der Waals surface area contributed by atoms with Crippen LogP contribution in [0.25, 0.3) is 0 Å². The number of para-hydroxylation sites is 1. The molecule has 0 aliphatic carbocycles. The Hall–Kier alpha value is -5.37. The van der Waals surface area contributed by atoms with E-state index in [2.05, 4.69) is 10.3 Å². The molecule has 49 heavy (non-hydrogen) atoms. The number of hydrogen-bond acceptors (Lipinski definition) is 7. The molecule has 2 aliphatic heterocycles. The number of carbonyl (C=O) groups excluding carboxylic acids is 4. The standard InChI is InChI=1S/C35H30ClN5O7S/c1-2-48-34-33(44)41(35(45)39(34)21-23-13-5-3-6-14-23)29(32(43)37-27-19-11-10-18-26(27)36)30-38-31(42)25-17-9-12-20-28(25)49(46,47)40(30)22-24-15-7-4-8-16-24/h3-20,29,34H,2,21-22H2,1H3,(H,37,43). The highest BCUT2D eigenvalue weighted by atomic mass is 35.5. The van der Waals surface area contributed by atoms with Crippen molar-refractivity contribution >= 4 is 56.9 Å². The van der Waals surface area contributed by atoms with E-state index in [1.165, 1.54) is 36.4 Å². The van der Waals surface area contributed by atoms with Gasteiger partial charge in [0, 0.05) is 6.61 Å². The molecule has 4 aromatic carbocycles. The third-order valence-corrected chi connectivity index (χ3v) is 10.1. The molecular formula is C35H30ClN5O7S. The Bertz CT molecular complexity index is 2060. The van der Waals surface area contributed by atoms with Gasteiger partial charge in [0.15, 0.2) is 11.9 Å². The van der Waals surface area contributed by atoms with E-state index in [0.717, 1.165) is 9.21 Å². The van der Waals surface area contributed by atoms with Crippen molar-refractivity contribution in [1.82, 2.24) is 14.1 Å². The number of anilines is 1. The number of sulfonamides is 1. The molecule has 2 aliphatic rings. The molecule has 0 radical (unpaired) electrons. The van der Waals surface area contributed by atoms with Gasteiger partial charge in [-0.05, 0) is 42.3 Å². The van der Waals surface area contributed by atoms with Crippen LogP contribution < -0.4 is 5.32 Å². The Morgan fingerprint density at radius 3 is 2.10 bits per heavy atom. The maximum absolute atomic E-state index is 14.5. The fourth-order valence-corrected chi connectivity index (χ4v) is 7.44. The molecule has 2 atom stereocenters. The summed E-state index contributed by atoms with van der Waals surface area (Å²) < 4.78 is 35.5. The number of amides is 5. The molecular weight excluding hydrogens is 670 g/mol. The number of ether oxygens (including phenoxy) is 1. The maximum atomic E-state index is 14.5. The van der Waals surface area contributed by atoms with Gasteiger partial charge in [0.25, 0.3) is 27.7 Å². The Morgan fingerprint density at radius 2 is 1.45 bits per heavy atom. The minimum atomic E-state index is -4.63. The highest BCUT2D eigenvalue weighted by molar-refractivity contribution is 7.89. The molecule has 2 unspecified atom stereocenters. The number of nitrogens with one attached hydrogen (secondary N) is 1. The normalized spacial score (nSPS) is 17.8. The number of urea groups is 1. The van der Waals surface area contributed by atoms with Gasteiger partial charge in [-0.25, -0.2) is 22.4 Å². The second-order valence-electron chi connectivity index (χ2n) is 11.1. The van der Waals surface area contributed by atoms with E-state index in [1.807, 2.05) is 0 Å². The van der Waals surface area contributed by atoms with Crippen molar-refractivity contribution in [1.29, 1.82) is 0 Å². The topological polar surface area (TPSA) is 146 Å². The summed E-state index contributed by atoms with van der Waals surface area (Å²) in [7, 11) is -4.63. The highest BCUT2D eigenvalue weighted by Crippen LogP contribution is 2.32. The van der Waals surface area contributed by atoms with E-state index >= 15 is 0 Å². The lowest BCUT2D eigenvalue weighted by Gasteiger charge is -2.32. The molecule has 1 N–H and O–H groups in total. The Morgan fingerprint density at radius 1 is 0.857 bits per heavy atom. The zero-order valence-electron chi connectivity index (χ0n) is 26.1. The van der Waals surface area contributed by atoms with Crippen molar-refractivity contribution in [3.05, 3.63) is 131 Å². The summed E-state index contributed by atoms with van der Waals surface area (Å²) in [5.74, 6) is -3.64. The summed E-state index contributed by atoms with van der Waals surface area (Å²) in [5, 5.41) is 2.75. The lowest BCUT2D eigenvalue weighted by atomic mass is 10.1. The first-order chi connectivity index (χ1) is 23.6. The van der Waals surface area contributed by atoms with Gasteiger partial charge >= 0.3 is 6.03 Å². The van der Waals surface area contributed by atoms with Gasteiger partial charge < -0.3 is 10.1 Å². The van der Waals surface area contributed by atoms with Gasteiger partial charge in [-0.15, -0.1) is 0 Å². The fraction of sp³-hybridized carbons (Fsp3) is 0.171. The second kappa shape index (κ2) is 14.0. The first-order valence-corrected chi connectivity index (χ1v) is 17.1. The SMILES string of the molecule is CCOC1C(=O)N(C(C(=O)Nc2ccccc2Cl)C2=NC(=O)c3ccccc3S(=O)(=O)N2Cc2ccccc2)C(=O)N1Cc1ccccc1. The van der Waals surface area contributed by atoms with Crippen molar-refractivity contribution in [2.24, 2.45) is 4.99 Å². The molecule has 2 heterocycles. The third kappa shape index (κ3) is 6.55. The largest absolute Gasteiger partial charge is 0.350 e. The quantitative estimate of drug-likeness (QED) is 0.231. The molecule has 0 saturated carbocycles. The van der Waals surface area contributed by atoms with E-state index in [1.54, 1.807) is 79.7 Å². The maximum Gasteiger partial charge on any atom is 0.330 e. The van der Waals surface area contributed by atoms with E-state index in [9.17, 15) is 27.6 Å². The molecule has 5 amide bonds. The van der Waals surface area contributed by atoms with Crippen LogP contribution in [-0.4, -0.2) is 71.0 Å². The summed E-state index contributed by atoms with van der Waals surface area (Å²) in [6, 6.07) is 26.0. The van der Waals surface area contributed by atoms with Gasteiger partial charge in [0.2, 0.25) is 6.23 Å². The number of halogens is 1. The summed E-state index contributed by atoms with van der Waals surface area (Å²) >= 11 is 6.36. The minimum Gasteiger partial charge on any atom is -0.350 e. The van der Waals surface area contributed by atoms with E-state index in [4.69, 9.17) is 16.3 Å². The summed E-state index contributed by atoms with van der Waals surface area (Å²) in [5.41, 5.74) is 1.02. The predicted octanol–water partition coefficient (Wildman–Crippen LogP) is 4.92. The Labute approximate surface area is 287 Å². The van der Waals surface area contributed by atoms with E-state index in [-0.39, 0.29) is 34.3 Å². The number of carbonyl (C=O) groups is 4. The van der Waals surface area contributed by atoms with E-state index < -0.39 is 58.4 Å². The number of nitrogens with zero attached hydrogens (tertiary/aromatic N) is 4. The van der Waals surface area contributed by atoms with Crippen LogP contribution in [-0.2, 0) is 37.4 Å². The zero-order valence-corrected chi connectivity index (χ0v) is 27.7. The Balaban J connectivity index is 1.54. The molecule has 6 rings (SSSR count). The van der Waals surface area contributed by atoms with Crippen molar-refractivity contribution in [3.63, 3.8) is 0 Å². The van der Waals surface area contributed by atoms with Crippen LogP contribution in [0.2, 0.25) is 5.02 Å². The first kappa shape index (κ1) is 33.5. The molecule has 0 spiro atoms. The van der Waals surface area contributed by atoms with Crippen LogP contribution in [0.4, 0.5) is 10.5 Å². The van der Waals surface area contributed by atoms with Gasteiger partial charge in [0.05, 0.1) is 29.4 Å². The fourth-order valence-electron chi connectivity index (χ4n) is 5.63. The molecule has 0 aromatic heterocycles. The number of rotatable bonds is 10. The lowest BCUT2D eigenvalue weighted by molar-refractivity contribution is -0.144. The lowest BCUT2D eigenvalue weighted by Crippen LogP contribution is -2.57. The molecule has 0 bridgehead atoms. The number of fused-ring (bicyclic) bond motifs is 1. The molecule has 14 heteroatoms. The van der Waals surface area contributed by atoms with Gasteiger partial charge in [-0.3, -0.25) is 19.3 Å². The van der Waals surface area contributed by atoms with Gasteiger partial charge in [0.1, 0.15) is 4.90 Å². The molecule has 12 nitrogen and oxygen atoms in total.